The van der Waals surface area contributed by atoms with Gasteiger partial charge in [0.1, 0.15) is 17.4 Å². The second-order valence-corrected chi connectivity index (χ2v) is 9.85. The lowest BCUT2D eigenvalue weighted by Gasteiger charge is -2.18. The van der Waals surface area contributed by atoms with Gasteiger partial charge in [0.2, 0.25) is 0 Å². The van der Waals surface area contributed by atoms with Crippen LogP contribution in [0, 0.1) is 5.92 Å². The quantitative estimate of drug-likeness (QED) is 0.194. The molecule has 2 amide bonds. The summed E-state index contributed by atoms with van der Waals surface area (Å²) in [5, 5.41) is 6.85. The summed E-state index contributed by atoms with van der Waals surface area (Å²) in [6.45, 7) is 4.49. The van der Waals surface area contributed by atoms with E-state index in [2.05, 4.69) is 22.8 Å². The molecule has 0 spiro atoms. The van der Waals surface area contributed by atoms with Gasteiger partial charge in [0.05, 0.1) is 18.4 Å². The van der Waals surface area contributed by atoms with Gasteiger partial charge in [-0.3, -0.25) is 9.59 Å². The number of hydrazone groups is 1. The second-order valence-electron chi connectivity index (χ2n) is 8.74. The maximum absolute atomic E-state index is 12.6. The minimum absolute atomic E-state index is 0.221. The van der Waals surface area contributed by atoms with Gasteiger partial charge in [0.25, 0.3) is 0 Å². The van der Waals surface area contributed by atoms with Crippen LogP contribution in [-0.4, -0.2) is 30.6 Å². The van der Waals surface area contributed by atoms with Gasteiger partial charge in [-0.2, -0.15) is 5.10 Å². The normalized spacial score (nSPS) is 14.6. The molecule has 1 aliphatic carbocycles. The molecule has 1 heterocycles. The number of hydrogen-bond donors (Lipinski definition) is 2. The SMILES string of the molecule is CCOC(=O)c1c(NC(=O)C(=O)NN=Cc2ccccc2OCc2ccccc2)sc2c1CCC(C)C2. The molecule has 4 rings (SSSR count). The maximum atomic E-state index is 12.6. The number of carbonyl (C=O) groups excluding carboxylic acids is 3. The number of rotatable bonds is 8. The van der Waals surface area contributed by atoms with Crippen LogP contribution in [0.25, 0.3) is 0 Å². The third kappa shape index (κ3) is 6.62. The predicted octanol–water partition coefficient (Wildman–Crippen LogP) is 4.72. The number of ether oxygens (including phenoxy) is 2. The Morgan fingerprint density at radius 2 is 1.84 bits per heavy atom. The Morgan fingerprint density at radius 3 is 2.62 bits per heavy atom. The Morgan fingerprint density at radius 1 is 1.08 bits per heavy atom. The lowest BCUT2D eigenvalue weighted by atomic mass is 9.88. The third-order valence-electron chi connectivity index (χ3n) is 5.95. The zero-order chi connectivity index (χ0) is 26.2. The summed E-state index contributed by atoms with van der Waals surface area (Å²) in [5.41, 5.74) is 5.16. The van der Waals surface area contributed by atoms with E-state index >= 15 is 0 Å². The standard InChI is InChI=1S/C28H29N3O5S/c1-3-35-28(34)24-21-14-13-18(2)15-23(21)37-27(24)30-25(32)26(33)31-29-16-20-11-7-8-12-22(20)36-17-19-9-5-4-6-10-19/h4-12,16,18H,3,13-15,17H2,1-2H3,(H,30,32)(H,31,33). The number of para-hydroxylation sites is 1. The molecule has 1 aliphatic rings. The molecule has 0 aliphatic heterocycles. The molecule has 0 bridgehead atoms. The summed E-state index contributed by atoms with van der Waals surface area (Å²) in [5.74, 6) is -1.28. The van der Waals surface area contributed by atoms with Gasteiger partial charge in [0.15, 0.2) is 0 Å². The number of nitrogens with zero attached hydrogens (tertiary/aromatic N) is 1. The van der Waals surface area contributed by atoms with Gasteiger partial charge in [-0.15, -0.1) is 11.3 Å². The van der Waals surface area contributed by atoms with Crippen LogP contribution >= 0.6 is 11.3 Å². The molecule has 9 heteroatoms. The van der Waals surface area contributed by atoms with Crippen molar-refractivity contribution in [3.05, 3.63) is 81.7 Å². The van der Waals surface area contributed by atoms with Crippen LogP contribution in [0.5, 0.6) is 5.75 Å². The highest BCUT2D eigenvalue weighted by Gasteiger charge is 2.30. The number of fused-ring (bicyclic) bond motifs is 1. The summed E-state index contributed by atoms with van der Waals surface area (Å²) in [6.07, 6.45) is 3.93. The Kier molecular flexibility index (Phi) is 8.68. The van der Waals surface area contributed by atoms with Crippen molar-refractivity contribution in [3.8, 4) is 5.75 Å². The molecular formula is C28H29N3O5S. The first-order chi connectivity index (χ1) is 18.0. The van der Waals surface area contributed by atoms with Gasteiger partial charge >= 0.3 is 17.8 Å². The lowest BCUT2D eigenvalue weighted by Crippen LogP contribution is -2.32. The van der Waals surface area contributed by atoms with Gasteiger partial charge in [-0.1, -0.05) is 49.4 Å². The molecule has 0 saturated heterocycles. The van der Waals surface area contributed by atoms with E-state index in [4.69, 9.17) is 9.47 Å². The summed E-state index contributed by atoms with van der Waals surface area (Å²) in [7, 11) is 0. The summed E-state index contributed by atoms with van der Waals surface area (Å²) >= 11 is 1.32. The molecule has 37 heavy (non-hydrogen) atoms. The molecule has 192 valence electrons. The van der Waals surface area contributed by atoms with Crippen molar-refractivity contribution in [3.63, 3.8) is 0 Å². The van der Waals surface area contributed by atoms with Crippen LogP contribution in [0.3, 0.4) is 0 Å². The number of esters is 1. The van der Waals surface area contributed by atoms with Crippen molar-refractivity contribution in [2.45, 2.75) is 39.7 Å². The number of thiophene rings is 1. The molecule has 3 aromatic rings. The number of nitrogens with one attached hydrogen (secondary N) is 2. The Hall–Kier alpha value is -3.98. The molecule has 8 nitrogen and oxygen atoms in total. The minimum atomic E-state index is -0.950. The molecule has 0 radical (unpaired) electrons. The van der Waals surface area contributed by atoms with E-state index in [0.717, 1.165) is 35.3 Å². The summed E-state index contributed by atoms with van der Waals surface area (Å²) < 4.78 is 11.1. The number of benzene rings is 2. The van der Waals surface area contributed by atoms with Crippen molar-refractivity contribution in [1.29, 1.82) is 0 Å². The largest absolute Gasteiger partial charge is 0.488 e. The van der Waals surface area contributed by atoms with E-state index in [1.807, 2.05) is 42.5 Å². The topological polar surface area (TPSA) is 106 Å². The maximum Gasteiger partial charge on any atom is 0.341 e. The van der Waals surface area contributed by atoms with Gasteiger partial charge < -0.3 is 14.8 Å². The highest BCUT2D eigenvalue weighted by Crippen LogP contribution is 2.40. The van der Waals surface area contributed by atoms with Crippen molar-refractivity contribution in [1.82, 2.24) is 5.43 Å². The van der Waals surface area contributed by atoms with Gasteiger partial charge in [0, 0.05) is 10.4 Å². The summed E-state index contributed by atoms with van der Waals surface area (Å²) in [4.78, 5) is 38.8. The predicted molar refractivity (Wildman–Crippen MR) is 143 cm³/mol. The highest BCUT2D eigenvalue weighted by molar-refractivity contribution is 7.17. The van der Waals surface area contributed by atoms with Gasteiger partial charge in [-0.25, -0.2) is 10.2 Å². The highest BCUT2D eigenvalue weighted by atomic mass is 32.1. The van der Waals surface area contributed by atoms with Crippen LogP contribution in [0.1, 0.15) is 52.2 Å². The van der Waals surface area contributed by atoms with Crippen LogP contribution in [0.4, 0.5) is 5.00 Å². The molecule has 1 aromatic heterocycles. The van der Waals surface area contributed by atoms with Crippen LogP contribution < -0.4 is 15.5 Å². The number of carbonyl (C=O) groups is 3. The van der Waals surface area contributed by atoms with E-state index in [9.17, 15) is 14.4 Å². The molecule has 0 fully saturated rings. The van der Waals surface area contributed by atoms with Crippen molar-refractivity contribution >= 4 is 40.3 Å². The van der Waals surface area contributed by atoms with E-state index in [-0.39, 0.29) is 6.61 Å². The van der Waals surface area contributed by atoms with Crippen LogP contribution in [0.15, 0.2) is 59.7 Å². The molecule has 1 atom stereocenters. The van der Waals surface area contributed by atoms with Crippen LogP contribution in [0.2, 0.25) is 0 Å². The van der Waals surface area contributed by atoms with Crippen LogP contribution in [-0.2, 0) is 33.8 Å². The fourth-order valence-corrected chi connectivity index (χ4v) is 5.48. The smallest absolute Gasteiger partial charge is 0.341 e. The molecule has 2 aromatic carbocycles. The Balaban J connectivity index is 1.40. The van der Waals surface area contributed by atoms with Crippen molar-refractivity contribution in [2.24, 2.45) is 11.0 Å². The first-order valence-corrected chi connectivity index (χ1v) is 13.0. The van der Waals surface area contributed by atoms with E-state index in [0.29, 0.717) is 34.4 Å². The molecular weight excluding hydrogens is 490 g/mol. The van der Waals surface area contributed by atoms with Gasteiger partial charge in [-0.05, 0) is 55.4 Å². The molecule has 0 saturated carbocycles. The van der Waals surface area contributed by atoms with Crippen molar-refractivity contribution < 1.29 is 23.9 Å². The Bertz CT molecular complexity index is 1300. The Labute approximate surface area is 219 Å². The fraction of sp³-hybridized carbons (Fsp3) is 0.286. The molecule has 1 unspecified atom stereocenters. The average Bonchev–Trinajstić information content (AvgIpc) is 3.25. The fourth-order valence-electron chi connectivity index (χ4n) is 4.08. The first kappa shape index (κ1) is 26.1. The monoisotopic (exact) mass is 519 g/mol. The van der Waals surface area contributed by atoms with Crippen molar-refractivity contribution in [2.75, 3.05) is 11.9 Å². The number of hydrogen-bond acceptors (Lipinski definition) is 7. The second kappa shape index (κ2) is 12.3. The molecule has 2 N–H and O–H groups in total. The first-order valence-electron chi connectivity index (χ1n) is 12.2. The van der Waals surface area contributed by atoms with E-state index in [1.54, 1.807) is 19.1 Å². The summed E-state index contributed by atoms with van der Waals surface area (Å²) in [6, 6.07) is 17.0. The third-order valence-corrected chi connectivity index (χ3v) is 7.12. The van der Waals surface area contributed by atoms with E-state index < -0.39 is 17.8 Å². The number of amides is 2. The minimum Gasteiger partial charge on any atom is -0.488 e. The number of anilines is 1. The zero-order valence-electron chi connectivity index (χ0n) is 20.8. The van der Waals surface area contributed by atoms with E-state index in [1.165, 1.54) is 17.6 Å². The zero-order valence-corrected chi connectivity index (χ0v) is 21.6. The average molecular weight is 520 g/mol. The lowest BCUT2D eigenvalue weighted by molar-refractivity contribution is -0.136.